The number of benzene rings is 3. The molecule has 2 aromatic heterocycles. The molecule has 3 aromatic carbocycles. The van der Waals surface area contributed by atoms with Crippen molar-refractivity contribution in [1.82, 2.24) is 19.3 Å². The maximum absolute atomic E-state index is 12.8. The Morgan fingerprint density at radius 1 is 0.892 bits per heavy atom. The molecular formula is C29H28N6OS. The number of rotatable bonds is 4. The van der Waals surface area contributed by atoms with Gasteiger partial charge >= 0.3 is 6.03 Å². The summed E-state index contributed by atoms with van der Waals surface area (Å²) >= 11 is 1.45. The number of carbonyl (C=O) groups excluding carboxylic acids is 1. The SMILES string of the molecule is Cc1ccc(-n2cnc(-c3ccc(NC(=O)/N=c4\scc(C)n4-c4c(C)cc(C)cc4C)cc3)n2)cc1. The normalized spacial score (nSPS) is 11.6. The molecule has 0 spiro atoms. The van der Waals surface area contributed by atoms with Gasteiger partial charge in [0.2, 0.25) is 0 Å². The van der Waals surface area contributed by atoms with E-state index < -0.39 is 6.03 Å². The summed E-state index contributed by atoms with van der Waals surface area (Å²) in [5, 5.41) is 9.48. The topological polar surface area (TPSA) is 77.1 Å². The van der Waals surface area contributed by atoms with Gasteiger partial charge in [0.05, 0.1) is 11.4 Å². The summed E-state index contributed by atoms with van der Waals surface area (Å²) in [5.74, 6) is 0.613. The van der Waals surface area contributed by atoms with E-state index in [1.807, 2.05) is 65.4 Å². The Balaban J connectivity index is 1.35. The van der Waals surface area contributed by atoms with E-state index in [4.69, 9.17) is 0 Å². The number of anilines is 1. The molecule has 0 atom stereocenters. The fourth-order valence-electron chi connectivity index (χ4n) is 4.43. The average Bonchev–Trinajstić information content (AvgIpc) is 3.48. The van der Waals surface area contributed by atoms with E-state index in [2.05, 4.69) is 60.2 Å². The van der Waals surface area contributed by atoms with Crippen LogP contribution in [0.2, 0.25) is 0 Å². The molecule has 186 valence electrons. The third kappa shape index (κ3) is 5.15. The summed E-state index contributed by atoms with van der Waals surface area (Å²) in [6, 6.07) is 19.4. The molecule has 0 fully saturated rings. The van der Waals surface area contributed by atoms with Crippen LogP contribution in [0.25, 0.3) is 22.8 Å². The van der Waals surface area contributed by atoms with Crippen molar-refractivity contribution in [3.05, 3.63) is 105 Å². The maximum Gasteiger partial charge on any atom is 0.348 e. The quantitative estimate of drug-likeness (QED) is 0.303. The van der Waals surface area contributed by atoms with Gasteiger partial charge in [0.1, 0.15) is 6.33 Å². The van der Waals surface area contributed by atoms with Gasteiger partial charge in [-0.3, -0.25) is 4.57 Å². The van der Waals surface area contributed by atoms with Crippen LogP contribution in [-0.4, -0.2) is 25.4 Å². The smallest absolute Gasteiger partial charge is 0.306 e. The van der Waals surface area contributed by atoms with Gasteiger partial charge in [-0.25, -0.2) is 14.5 Å². The van der Waals surface area contributed by atoms with E-state index in [1.54, 1.807) is 11.0 Å². The molecule has 8 heteroatoms. The fourth-order valence-corrected chi connectivity index (χ4v) is 5.28. The van der Waals surface area contributed by atoms with Crippen LogP contribution in [-0.2, 0) is 0 Å². The van der Waals surface area contributed by atoms with Gasteiger partial charge in [-0.2, -0.15) is 4.99 Å². The first-order valence-corrected chi connectivity index (χ1v) is 12.9. The van der Waals surface area contributed by atoms with E-state index in [0.29, 0.717) is 16.3 Å². The van der Waals surface area contributed by atoms with Crippen LogP contribution in [0.5, 0.6) is 0 Å². The monoisotopic (exact) mass is 508 g/mol. The van der Waals surface area contributed by atoms with Crippen molar-refractivity contribution in [3.8, 4) is 22.8 Å². The van der Waals surface area contributed by atoms with Crippen LogP contribution in [0.15, 0.2) is 77.4 Å². The molecule has 0 aliphatic carbocycles. The zero-order valence-electron chi connectivity index (χ0n) is 21.5. The fraction of sp³-hybridized carbons (Fsp3) is 0.172. The molecule has 0 saturated heterocycles. The number of aryl methyl sites for hydroxylation is 5. The Morgan fingerprint density at radius 3 is 2.24 bits per heavy atom. The third-order valence-electron chi connectivity index (χ3n) is 6.12. The van der Waals surface area contributed by atoms with Crippen LogP contribution in [0, 0.1) is 34.6 Å². The third-order valence-corrected chi connectivity index (χ3v) is 7.06. The van der Waals surface area contributed by atoms with Crippen LogP contribution in [0.3, 0.4) is 0 Å². The second-order valence-corrected chi connectivity index (χ2v) is 10.0. The molecule has 0 radical (unpaired) electrons. The van der Waals surface area contributed by atoms with Crippen molar-refractivity contribution in [2.75, 3.05) is 5.32 Å². The minimum absolute atomic E-state index is 0.424. The Labute approximate surface area is 219 Å². The molecule has 0 saturated carbocycles. The minimum atomic E-state index is -0.424. The highest BCUT2D eigenvalue weighted by molar-refractivity contribution is 7.07. The van der Waals surface area contributed by atoms with Gasteiger partial charge in [0.25, 0.3) is 0 Å². The lowest BCUT2D eigenvalue weighted by molar-refractivity contribution is 0.259. The molecule has 5 rings (SSSR count). The summed E-state index contributed by atoms with van der Waals surface area (Å²) in [7, 11) is 0. The number of carbonyl (C=O) groups is 1. The van der Waals surface area contributed by atoms with Crippen molar-refractivity contribution in [2.45, 2.75) is 34.6 Å². The molecule has 0 unspecified atom stereocenters. The first-order chi connectivity index (χ1) is 17.8. The average molecular weight is 509 g/mol. The Hall–Kier alpha value is -4.30. The van der Waals surface area contributed by atoms with Gasteiger partial charge in [0, 0.05) is 22.3 Å². The van der Waals surface area contributed by atoms with Gasteiger partial charge < -0.3 is 5.32 Å². The molecule has 7 nitrogen and oxygen atoms in total. The van der Waals surface area contributed by atoms with Gasteiger partial charge in [-0.15, -0.1) is 16.4 Å². The predicted octanol–water partition coefficient (Wildman–Crippen LogP) is 6.46. The number of hydrogen-bond donors (Lipinski definition) is 1. The van der Waals surface area contributed by atoms with Crippen molar-refractivity contribution >= 4 is 23.1 Å². The number of nitrogens with one attached hydrogen (secondary N) is 1. The summed E-state index contributed by atoms with van der Waals surface area (Å²) < 4.78 is 3.80. The minimum Gasteiger partial charge on any atom is -0.306 e. The first-order valence-electron chi connectivity index (χ1n) is 12.0. The molecular weight excluding hydrogens is 480 g/mol. The first kappa shape index (κ1) is 24.4. The summed E-state index contributed by atoms with van der Waals surface area (Å²) in [6.45, 7) is 10.3. The van der Waals surface area contributed by atoms with Crippen molar-refractivity contribution < 1.29 is 4.79 Å². The molecule has 0 bridgehead atoms. The number of thiazole rings is 1. The molecule has 2 amide bonds. The summed E-state index contributed by atoms with van der Waals surface area (Å²) in [6.07, 6.45) is 1.70. The van der Waals surface area contributed by atoms with Crippen LogP contribution < -0.4 is 10.1 Å². The highest BCUT2D eigenvalue weighted by Crippen LogP contribution is 2.22. The molecule has 5 aromatic rings. The van der Waals surface area contributed by atoms with E-state index in [9.17, 15) is 4.79 Å². The zero-order chi connectivity index (χ0) is 26.1. The summed E-state index contributed by atoms with van der Waals surface area (Å²) in [4.78, 5) is 22.3. The molecule has 37 heavy (non-hydrogen) atoms. The van der Waals surface area contributed by atoms with Crippen LogP contribution in [0.4, 0.5) is 10.5 Å². The van der Waals surface area contributed by atoms with Crippen molar-refractivity contribution in [2.24, 2.45) is 4.99 Å². The van der Waals surface area contributed by atoms with Crippen LogP contribution >= 0.6 is 11.3 Å². The van der Waals surface area contributed by atoms with Crippen molar-refractivity contribution in [1.29, 1.82) is 0 Å². The lowest BCUT2D eigenvalue weighted by Gasteiger charge is -2.14. The largest absolute Gasteiger partial charge is 0.348 e. The van der Waals surface area contributed by atoms with E-state index in [0.717, 1.165) is 33.8 Å². The zero-order valence-corrected chi connectivity index (χ0v) is 22.3. The molecule has 0 aliphatic rings. The second-order valence-electron chi connectivity index (χ2n) is 9.21. The Morgan fingerprint density at radius 2 is 1.57 bits per heavy atom. The highest BCUT2D eigenvalue weighted by Gasteiger charge is 2.12. The number of nitrogens with zero attached hydrogens (tertiary/aromatic N) is 5. The highest BCUT2D eigenvalue weighted by atomic mass is 32.1. The lowest BCUT2D eigenvalue weighted by atomic mass is 10.0. The van der Waals surface area contributed by atoms with E-state index in [-0.39, 0.29) is 0 Å². The number of aromatic nitrogens is 4. The number of urea groups is 1. The standard InChI is InChI=1S/C29H28N6OS/c1-18-6-12-25(13-7-18)34-17-30-27(33-34)23-8-10-24(11-9-23)31-28(36)32-29-35(22(5)16-37-29)26-20(3)14-19(2)15-21(26)4/h6-17H,1-5H3,(H,31,36)/b32-29-. The molecule has 1 N–H and O–H groups in total. The van der Waals surface area contributed by atoms with Crippen LogP contribution in [0.1, 0.15) is 27.9 Å². The van der Waals surface area contributed by atoms with E-state index >= 15 is 0 Å². The Kier molecular flexibility index (Phi) is 6.58. The van der Waals surface area contributed by atoms with Gasteiger partial charge in [-0.1, -0.05) is 35.4 Å². The Bertz CT molecular complexity index is 1630. The van der Waals surface area contributed by atoms with E-state index in [1.165, 1.54) is 22.5 Å². The van der Waals surface area contributed by atoms with Gasteiger partial charge in [-0.05, 0) is 82.1 Å². The summed E-state index contributed by atoms with van der Waals surface area (Å²) in [5.41, 5.74) is 9.26. The molecule has 0 aliphatic heterocycles. The van der Waals surface area contributed by atoms with Crippen molar-refractivity contribution in [3.63, 3.8) is 0 Å². The lowest BCUT2D eigenvalue weighted by Crippen LogP contribution is -2.20. The number of amides is 2. The second kappa shape index (κ2) is 9.99. The molecule has 2 heterocycles. The number of hydrogen-bond acceptors (Lipinski definition) is 4. The predicted molar refractivity (Wildman–Crippen MR) is 149 cm³/mol. The maximum atomic E-state index is 12.8. The van der Waals surface area contributed by atoms with Gasteiger partial charge in [0.15, 0.2) is 10.6 Å².